The Kier molecular flexibility index (Phi) is 1.19. The summed E-state index contributed by atoms with van der Waals surface area (Å²) < 4.78 is 0. The van der Waals surface area contributed by atoms with Crippen molar-refractivity contribution in [3.05, 3.63) is 23.9 Å². The molecule has 2 rings (SSSR count). The standard InChI is InChI=1S/C9H11NO/c1-6-5-10(7(2)11)9-4-3-8(6)9/h3-5,8-9H,1-2H3. The second-order valence-electron chi connectivity index (χ2n) is 3.20. The van der Waals surface area contributed by atoms with Gasteiger partial charge in [-0.15, -0.1) is 0 Å². The number of fused-ring (bicyclic) bond motifs is 1. The van der Waals surface area contributed by atoms with Gasteiger partial charge >= 0.3 is 0 Å². The van der Waals surface area contributed by atoms with Gasteiger partial charge in [0.1, 0.15) is 0 Å². The second-order valence-corrected chi connectivity index (χ2v) is 3.20. The molecule has 0 radical (unpaired) electrons. The lowest BCUT2D eigenvalue weighted by atomic mass is 9.86. The fourth-order valence-corrected chi connectivity index (χ4v) is 1.70. The van der Waals surface area contributed by atoms with E-state index in [4.69, 9.17) is 0 Å². The molecule has 0 N–H and O–H groups in total. The first-order valence-corrected chi connectivity index (χ1v) is 3.85. The Hall–Kier alpha value is -1.05. The Balaban J connectivity index is 2.27. The molecule has 0 saturated carbocycles. The average Bonchev–Trinajstić information content (AvgIpc) is 2.02. The molecule has 58 valence electrons. The molecule has 1 heterocycles. The van der Waals surface area contributed by atoms with Crippen molar-refractivity contribution in [3.63, 3.8) is 0 Å². The van der Waals surface area contributed by atoms with Gasteiger partial charge < -0.3 is 4.90 Å². The zero-order chi connectivity index (χ0) is 8.01. The van der Waals surface area contributed by atoms with E-state index < -0.39 is 0 Å². The predicted octanol–water partition coefficient (Wildman–Crippen LogP) is 1.31. The summed E-state index contributed by atoms with van der Waals surface area (Å²) in [5.74, 6) is 0.653. The van der Waals surface area contributed by atoms with Crippen LogP contribution >= 0.6 is 0 Å². The van der Waals surface area contributed by atoms with E-state index in [0.717, 1.165) is 0 Å². The van der Waals surface area contributed by atoms with E-state index in [9.17, 15) is 4.79 Å². The number of hydrogen-bond donors (Lipinski definition) is 0. The molecule has 1 aliphatic heterocycles. The molecular weight excluding hydrogens is 138 g/mol. The largest absolute Gasteiger partial charge is 0.312 e. The van der Waals surface area contributed by atoms with Crippen LogP contribution in [0, 0.1) is 5.92 Å². The van der Waals surface area contributed by atoms with Crippen LogP contribution in [0.5, 0.6) is 0 Å². The fourth-order valence-electron chi connectivity index (χ4n) is 1.70. The van der Waals surface area contributed by atoms with E-state index in [0.29, 0.717) is 12.0 Å². The van der Waals surface area contributed by atoms with E-state index in [1.807, 2.05) is 6.20 Å². The summed E-state index contributed by atoms with van der Waals surface area (Å²) in [6.45, 7) is 3.68. The van der Waals surface area contributed by atoms with Crippen LogP contribution in [-0.2, 0) is 4.79 Å². The zero-order valence-electron chi connectivity index (χ0n) is 6.74. The summed E-state index contributed by atoms with van der Waals surface area (Å²) in [5, 5.41) is 0. The maximum atomic E-state index is 11.0. The maximum absolute atomic E-state index is 11.0. The molecule has 0 bridgehead atoms. The van der Waals surface area contributed by atoms with Gasteiger partial charge in [-0.1, -0.05) is 12.2 Å². The molecule has 0 saturated heterocycles. The molecule has 2 unspecified atom stereocenters. The molecule has 0 aromatic heterocycles. The third-order valence-electron chi connectivity index (χ3n) is 2.44. The van der Waals surface area contributed by atoms with E-state index in [1.165, 1.54) is 5.57 Å². The molecule has 0 aromatic rings. The Morgan fingerprint density at radius 1 is 1.55 bits per heavy atom. The molecule has 1 amide bonds. The van der Waals surface area contributed by atoms with Crippen molar-refractivity contribution < 1.29 is 4.79 Å². The van der Waals surface area contributed by atoms with Gasteiger partial charge in [-0.2, -0.15) is 0 Å². The lowest BCUT2D eigenvalue weighted by Crippen LogP contribution is -2.37. The highest BCUT2D eigenvalue weighted by Crippen LogP contribution is 2.36. The van der Waals surface area contributed by atoms with Gasteiger partial charge in [-0.25, -0.2) is 0 Å². The van der Waals surface area contributed by atoms with E-state index in [-0.39, 0.29) is 5.91 Å². The average molecular weight is 149 g/mol. The third-order valence-corrected chi connectivity index (χ3v) is 2.44. The number of rotatable bonds is 0. The van der Waals surface area contributed by atoms with Crippen LogP contribution in [0.3, 0.4) is 0 Å². The summed E-state index contributed by atoms with van der Waals surface area (Å²) in [6, 6.07) is 0.340. The van der Waals surface area contributed by atoms with Crippen molar-refractivity contribution in [2.45, 2.75) is 19.9 Å². The number of carbonyl (C=O) groups excluding carboxylic acids is 1. The summed E-state index contributed by atoms with van der Waals surface area (Å²) >= 11 is 0. The Morgan fingerprint density at radius 2 is 2.27 bits per heavy atom. The minimum Gasteiger partial charge on any atom is -0.312 e. The van der Waals surface area contributed by atoms with Gasteiger partial charge in [0.25, 0.3) is 0 Å². The van der Waals surface area contributed by atoms with Crippen molar-refractivity contribution in [2.75, 3.05) is 0 Å². The molecule has 2 atom stereocenters. The maximum Gasteiger partial charge on any atom is 0.223 e. The molecule has 0 aromatic carbocycles. The van der Waals surface area contributed by atoms with Crippen LogP contribution in [0.1, 0.15) is 13.8 Å². The van der Waals surface area contributed by atoms with Crippen LogP contribution in [0.4, 0.5) is 0 Å². The van der Waals surface area contributed by atoms with Gasteiger partial charge in [0.15, 0.2) is 0 Å². The molecule has 2 heteroatoms. The molecule has 1 aliphatic carbocycles. The third kappa shape index (κ3) is 0.754. The quantitative estimate of drug-likeness (QED) is 0.475. The van der Waals surface area contributed by atoms with Gasteiger partial charge in [0, 0.05) is 19.0 Å². The smallest absolute Gasteiger partial charge is 0.223 e. The van der Waals surface area contributed by atoms with Crippen LogP contribution in [0.15, 0.2) is 23.9 Å². The summed E-state index contributed by atoms with van der Waals surface area (Å²) in [6.07, 6.45) is 6.19. The predicted molar refractivity (Wildman–Crippen MR) is 42.7 cm³/mol. The Labute approximate surface area is 66.2 Å². The van der Waals surface area contributed by atoms with Gasteiger partial charge in [-0.3, -0.25) is 4.79 Å². The molecule has 11 heavy (non-hydrogen) atoms. The lowest BCUT2D eigenvalue weighted by molar-refractivity contribution is -0.127. The number of nitrogens with zero attached hydrogens (tertiary/aromatic N) is 1. The highest BCUT2D eigenvalue weighted by atomic mass is 16.2. The second kappa shape index (κ2) is 1.97. The monoisotopic (exact) mass is 149 g/mol. The first-order chi connectivity index (χ1) is 5.20. The molecular formula is C9H11NO. The van der Waals surface area contributed by atoms with Gasteiger partial charge in [0.2, 0.25) is 5.91 Å². The molecule has 0 spiro atoms. The molecule has 2 aliphatic rings. The first-order valence-electron chi connectivity index (χ1n) is 3.85. The van der Waals surface area contributed by atoms with Crippen LogP contribution in [0.2, 0.25) is 0 Å². The topological polar surface area (TPSA) is 20.3 Å². The van der Waals surface area contributed by atoms with Gasteiger partial charge in [-0.05, 0) is 12.5 Å². The highest BCUT2D eigenvalue weighted by molar-refractivity contribution is 5.76. The summed E-state index contributed by atoms with van der Waals surface area (Å²) in [4.78, 5) is 12.8. The summed E-state index contributed by atoms with van der Waals surface area (Å²) in [5.41, 5.74) is 1.30. The molecule has 2 nitrogen and oxygen atoms in total. The zero-order valence-corrected chi connectivity index (χ0v) is 6.74. The lowest BCUT2D eigenvalue weighted by Gasteiger charge is -2.29. The van der Waals surface area contributed by atoms with Crippen molar-refractivity contribution >= 4 is 5.91 Å². The van der Waals surface area contributed by atoms with Crippen molar-refractivity contribution in [2.24, 2.45) is 5.92 Å². The highest BCUT2D eigenvalue weighted by Gasteiger charge is 2.36. The van der Waals surface area contributed by atoms with Crippen LogP contribution in [-0.4, -0.2) is 16.8 Å². The van der Waals surface area contributed by atoms with E-state index in [1.54, 1.807) is 11.8 Å². The van der Waals surface area contributed by atoms with Crippen molar-refractivity contribution in [3.8, 4) is 0 Å². The van der Waals surface area contributed by atoms with E-state index >= 15 is 0 Å². The van der Waals surface area contributed by atoms with Gasteiger partial charge in [0.05, 0.1) is 6.04 Å². The number of amides is 1. The number of hydrogen-bond acceptors (Lipinski definition) is 1. The van der Waals surface area contributed by atoms with Crippen LogP contribution in [0.25, 0.3) is 0 Å². The molecule has 0 fully saturated rings. The van der Waals surface area contributed by atoms with E-state index in [2.05, 4.69) is 19.1 Å². The first kappa shape index (κ1) is 6.65. The minimum atomic E-state index is 0.140. The summed E-state index contributed by atoms with van der Waals surface area (Å²) in [7, 11) is 0. The number of carbonyl (C=O) groups is 1. The SMILES string of the molecule is CC(=O)N1C=C(C)C2C=CC21. The van der Waals surface area contributed by atoms with Crippen LogP contribution < -0.4 is 0 Å². The minimum absolute atomic E-state index is 0.140. The van der Waals surface area contributed by atoms with Crippen molar-refractivity contribution in [1.29, 1.82) is 0 Å². The van der Waals surface area contributed by atoms with Crippen molar-refractivity contribution in [1.82, 2.24) is 4.90 Å². The fraction of sp³-hybridized carbons (Fsp3) is 0.444. The normalized spacial score (nSPS) is 32.9. The Bertz CT molecular complexity index is 265. The Morgan fingerprint density at radius 3 is 2.55 bits per heavy atom.